The van der Waals surface area contributed by atoms with Crippen molar-refractivity contribution in [2.24, 2.45) is 0 Å². The first-order valence-electron chi connectivity index (χ1n) is 11.5. The van der Waals surface area contributed by atoms with E-state index in [0.29, 0.717) is 0 Å². The summed E-state index contributed by atoms with van der Waals surface area (Å²) < 4.78 is 53.1. The number of ether oxygens (including phenoxy) is 5. The maximum absolute atomic E-state index is 12.9. The second-order valence-electron chi connectivity index (χ2n) is 8.09. The number of para-hydroxylation sites is 1. The monoisotopic (exact) mass is 588 g/mol. The number of nitrogens with one attached hydrogen (secondary N) is 2. The summed E-state index contributed by atoms with van der Waals surface area (Å²) in [5.41, 5.74) is 0. The van der Waals surface area contributed by atoms with Gasteiger partial charge in [-0.3, -0.25) is 5.32 Å². The molecule has 2 amide bonds. The molecular formula is C22H28N4O13S. The van der Waals surface area contributed by atoms with Gasteiger partial charge in [0.15, 0.2) is 12.4 Å². The van der Waals surface area contributed by atoms with Gasteiger partial charge in [-0.1, -0.05) is 12.1 Å². The van der Waals surface area contributed by atoms with E-state index in [-0.39, 0.29) is 48.0 Å². The molecule has 2 heterocycles. The van der Waals surface area contributed by atoms with Crippen molar-refractivity contribution >= 4 is 28.0 Å². The van der Waals surface area contributed by atoms with Crippen molar-refractivity contribution in [3.63, 3.8) is 0 Å². The fourth-order valence-electron chi connectivity index (χ4n) is 3.46. The molecule has 0 saturated carbocycles. The lowest BCUT2D eigenvalue weighted by Crippen LogP contribution is -2.60. The Labute approximate surface area is 227 Å². The molecule has 3 rings (SSSR count). The molecule has 0 radical (unpaired) electrons. The number of methoxy groups -OCH3 is 2. The van der Waals surface area contributed by atoms with E-state index in [1.807, 2.05) is 4.72 Å². The number of hydrogen-bond donors (Lipinski definition) is 6. The number of carboxylic acid groups (broad SMARTS) is 1. The van der Waals surface area contributed by atoms with Gasteiger partial charge in [0.25, 0.3) is 10.0 Å². The third-order valence-corrected chi connectivity index (χ3v) is 6.72. The first-order valence-corrected chi connectivity index (χ1v) is 13.0. The zero-order valence-electron chi connectivity index (χ0n) is 21.2. The minimum atomic E-state index is -4.43. The van der Waals surface area contributed by atoms with Crippen LogP contribution in [0, 0.1) is 0 Å². The van der Waals surface area contributed by atoms with Crippen LogP contribution in [0.4, 0.5) is 10.7 Å². The van der Waals surface area contributed by atoms with Crippen molar-refractivity contribution in [3.8, 4) is 17.5 Å². The van der Waals surface area contributed by atoms with Gasteiger partial charge < -0.3 is 44.1 Å². The topological polar surface area (TPSA) is 245 Å². The molecule has 0 spiro atoms. The Hall–Kier alpha value is -3.81. The number of rotatable bonds is 12. The molecule has 1 aliphatic rings. The summed E-state index contributed by atoms with van der Waals surface area (Å²) in [7, 11) is -1.77. The molecule has 17 nitrogen and oxygen atoms in total. The molecule has 0 bridgehead atoms. The predicted molar refractivity (Wildman–Crippen MR) is 131 cm³/mol. The van der Waals surface area contributed by atoms with Gasteiger partial charge >= 0.3 is 12.0 Å². The molecule has 6 N–H and O–H groups in total. The first-order chi connectivity index (χ1) is 19.0. The molecular weight excluding hydrogens is 560 g/mol. The van der Waals surface area contributed by atoms with Gasteiger partial charge in [0.2, 0.25) is 17.7 Å². The van der Waals surface area contributed by atoms with Crippen LogP contribution in [0.25, 0.3) is 0 Å². The lowest BCUT2D eigenvalue weighted by Gasteiger charge is -2.38. The van der Waals surface area contributed by atoms with Crippen molar-refractivity contribution in [3.05, 3.63) is 30.3 Å². The van der Waals surface area contributed by atoms with Crippen LogP contribution in [-0.4, -0.2) is 109 Å². The molecule has 1 saturated heterocycles. The first kappa shape index (κ1) is 30.7. The maximum Gasteiger partial charge on any atom is 0.335 e. The molecule has 1 fully saturated rings. The Bertz CT molecular complexity index is 1270. The van der Waals surface area contributed by atoms with Crippen LogP contribution >= 0.6 is 0 Å². The lowest BCUT2D eigenvalue weighted by molar-refractivity contribution is -0.289. The number of carbonyl (C=O) groups is 2. The normalized spacial score (nSPS) is 22.7. The zero-order chi connectivity index (χ0) is 29.4. The quantitative estimate of drug-likeness (QED) is 0.157. The average Bonchev–Trinajstić information content (AvgIpc) is 2.91. The van der Waals surface area contributed by atoms with Crippen molar-refractivity contribution in [1.82, 2.24) is 14.7 Å². The number of aliphatic hydroxyl groups is 3. The molecule has 2 aromatic rings. The van der Waals surface area contributed by atoms with Crippen molar-refractivity contribution in [1.29, 1.82) is 0 Å². The highest BCUT2D eigenvalue weighted by Gasteiger charge is 2.47. The zero-order valence-corrected chi connectivity index (χ0v) is 22.0. The number of aliphatic carboxylic acids is 1. The van der Waals surface area contributed by atoms with Gasteiger partial charge in [-0.15, -0.1) is 0 Å². The Kier molecular flexibility index (Phi) is 10.4. The summed E-state index contributed by atoms with van der Waals surface area (Å²) >= 11 is 0. The Balaban J connectivity index is 1.55. The van der Waals surface area contributed by atoms with E-state index in [9.17, 15) is 33.3 Å². The number of aliphatic hydroxyl groups excluding tert-OH is 3. The van der Waals surface area contributed by atoms with Gasteiger partial charge in [-0.25, -0.2) is 22.7 Å². The highest BCUT2D eigenvalue weighted by Crippen LogP contribution is 2.25. The third-order valence-electron chi connectivity index (χ3n) is 5.35. The Morgan fingerprint density at radius 3 is 2.30 bits per heavy atom. The molecule has 18 heteroatoms. The molecule has 40 heavy (non-hydrogen) atoms. The van der Waals surface area contributed by atoms with Crippen molar-refractivity contribution in [2.75, 3.05) is 32.8 Å². The maximum atomic E-state index is 12.9. The summed E-state index contributed by atoms with van der Waals surface area (Å²) in [5.74, 6) is -1.81. The second kappa shape index (κ2) is 13.5. The average molecular weight is 589 g/mol. The molecule has 220 valence electrons. The van der Waals surface area contributed by atoms with E-state index >= 15 is 0 Å². The number of hydrogen-bond acceptors (Lipinski definition) is 14. The minimum Gasteiger partial charge on any atom is -0.492 e. The van der Waals surface area contributed by atoms with Crippen LogP contribution in [0.2, 0.25) is 0 Å². The number of benzene rings is 1. The van der Waals surface area contributed by atoms with Crippen molar-refractivity contribution in [2.45, 2.75) is 42.0 Å². The summed E-state index contributed by atoms with van der Waals surface area (Å²) in [6.07, 6.45) is -8.53. The SMILES string of the molecule is COc1cc(OC)nc(NC(=O)NS(=O)(=O)c2ccccc2OCCCO[C@H]2[C@H](O)[C@@H](O)[C@H](C(=O)O)O[C@@H]2O)n1. The van der Waals surface area contributed by atoms with E-state index in [4.69, 9.17) is 28.8 Å². The van der Waals surface area contributed by atoms with Gasteiger partial charge in [0.1, 0.15) is 29.0 Å². The molecule has 0 aliphatic carbocycles. The van der Waals surface area contributed by atoms with E-state index in [1.54, 1.807) is 0 Å². The Morgan fingerprint density at radius 1 is 1.02 bits per heavy atom. The lowest BCUT2D eigenvalue weighted by atomic mass is 9.99. The van der Waals surface area contributed by atoms with Crippen molar-refractivity contribution < 1.29 is 62.1 Å². The van der Waals surface area contributed by atoms with Gasteiger partial charge in [0.05, 0.1) is 33.5 Å². The number of amides is 2. The second-order valence-corrected chi connectivity index (χ2v) is 9.74. The summed E-state index contributed by atoms with van der Waals surface area (Å²) in [5, 5.41) is 41.0. The van der Waals surface area contributed by atoms with Crippen LogP contribution in [0.15, 0.2) is 35.2 Å². The number of anilines is 1. The largest absolute Gasteiger partial charge is 0.492 e. The molecule has 1 aromatic heterocycles. The number of nitrogens with zero attached hydrogens (tertiary/aromatic N) is 2. The highest BCUT2D eigenvalue weighted by molar-refractivity contribution is 7.90. The number of urea groups is 1. The van der Waals surface area contributed by atoms with E-state index in [2.05, 4.69) is 15.3 Å². The van der Waals surface area contributed by atoms with E-state index in [1.165, 1.54) is 44.6 Å². The van der Waals surface area contributed by atoms with Crippen LogP contribution in [0.3, 0.4) is 0 Å². The predicted octanol–water partition coefficient (Wildman–Crippen LogP) is -1.32. The van der Waals surface area contributed by atoms with Crippen LogP contribution < -0.4 is 24.2 Å². The number of sulfonamides is 1. The third kappa shape index (κ3) is 7.64. The van der Waals surface area contributed by atoms with Crippen LogP contribution in [0.1, 0.15) is 6.42 Å². The molecule has 1 aromatic carbocycles. The number of aromatic nitrogens is 2. The smallest absolute Gasteiger partial charge is 0.335 e. The number of carbonyl (C=O) groups excluding carboxylic acids is 1. The highest BCUT2D eigenvalue weighted by atomic mass is 32.2. The number of carboxylic acids is 1. The van der Waals surface area contributed by atoms with Crippen LogP contribution in [-0.2, 0) is 24.3 Å². The summed E-state index contributed by atoms with van der Waals surface area (Å²) in [6.45, 7) is -0.248. The summed E-state index contributed by atoms with van der Waals surface area (Å²) in [4.78, 5) is 30.8. The minimum absolute atomic E-state index is 0.0633. The molecule has 0 unspecified atom stereocenters. The fraction of sp³-hybridized carbons (Fsp3) is 0.455. The molecule has 5 atom stereocenters. The van der Waals surface area contributed by atoms with Crippen LogP contribution in [0.5, 0.6) is 17.5 Å². The standard InChI is InChI=1S/C22H28N4O13S/c1-35-13-10-14(36-2)24-21(23-13)25-22(32)26-40(33,34)12-7-4-3-6-11(12)37-8-5-9-38-18-16(28)15(27)17(19(29)30)39-20(18)31/h3-4,6-7,10,15-18,20,27-28,31H,5,8-9H2,1-2H3,(H,29,30)(H2,23,24,25,26,32)/t15-,16-,17-,18+,20+/m1/s1. The van der Waals surface area contributed by atoms with E-state index < -0.39 is 52.7 Å². The van der Waals surface area contributed by atoms with E-state index in [0.717, 1.165) is 0 Å². The summed E-state index contributed by atoms with van der Waals surface area (Å²) in [6, 6.07) is 5.67. The fourth-order valence-corrected chi connectivity index (χ4v) is 4.51. The van der Waals surface area contributed by atoms with Gasteiger partial charge in [-0.2, -0.15) is 9.97 Å². The molecule has 1 aliphatic heterocycles. The van der Waals surface area contributed by atoms with Gasteiger partial charge in [0, 0.05) is 6.42 Å². The van der Waals surface area contributed by atoms with Gasteiger partial charge in [-0.05, 0) is 12.1 Å². The Morgan fingerprint density at radius 2 is 1.68 bits per heavy atom.